The van der Waals surface area contributed by atoms with Gasteiger partial charge in [-0.25, -0.2) is 0 Å². The van der Waals surface area contributed by atoms with Gasteiger partial charge in [-0.15, -0.1) is 0 Å². The Labute approximate surface area is 177 Å². The smallest absolute Gasteiger partial charge is 0.136 e. The molecule has 0 N–H and O–H groups in total. The molecule has 0 saturated carbocycles. The molecule has 0 fully saturated rings. The Kier molecular flexibility index (Phi) is 4.81. The molecule has 4 nitrogen and oxygen atoms in total. The summed E-state index contributed by atoms with van der Waals surface area (Å²) in [5.41, 5.74) is 15.2. The van der Waals surface area contributed by atoms with Crippen molar-refractivity contribution in [2.24, 2.45) is 5.11 Å². The van der Waals surface area contributed by atoms with Crippen LogP contribution in [0.3, 0.4) is 0 Å². The van der Waals surface area contributed by atoms with E-state index in [1.165, 1.54) is 26.7 Å². The molecule has 1 heterocycles. The average molecular weight is 412 g/mol. The van der Waals surface area contributed by atoms with Crippen LogP contribution in [0.15, 0.2) is 53.6 Å². The van der Waals surface area contributed by atoms with Crippen LogP contribution in [0.2, 0.25) is 13.1 Å². The van der Waals surface area contributed by atoms with Crippen LogP contribution in [-0.2, 0) is 0 Å². The molecule has 0 atom stereocenters. The van der Waals surface area contributed by atoms with Crippen molar-refractivity contribution in [3.05, 3.63) is 91.7 Å². The summed E-state index contributed by atoms with van der Waals surface area (Å²) >= 11 is 0. The summed E-state index contributed by atoms with van der Waals surface area (Å²) in [6, 6.07) is 17.2. The van der Waals surface area contributed by atoms with Crippen LogP contribution in [0.1, 0.15) is 22.3 Å². The Hall–Kier alpha value is -3.27. The van der Waals surface area contributed by atoms with E-state index in [2.05, 4.69) is 79.1 Å². The molecule has 4 rings (SSSR count). The molecule has 3 aromatic carbocycles. The zero-order valence-corrected chi connectivity index (χ0v) is 19.1. The van der Waals surface area contributed by atoms with E-state index in [1.807, 2.05) is 13.0 Å². The maximum atomic E-state index is 9.07. The highest BCUT2D eigenvalue weighted by atomic mass is 28.3. The fourth-order valence-electron chi connectivity index (χ4n) is 4.58. The summed E-state index contributed by atoms with van der Waals surface area (Å²) in [5, 5.41) is 8.92. The molecular formula is C25H25N3OSi. The first-order chi connectivity index (χ1) is 14.3. The minimum atomic E-state index is -1.92. The van der Waals surface area contributed by atoms with Crippen LogP contribution < -0.4 is 25.5 Å². The average Bonchev–Trinajstić information content (AvgIpc) is 2.69. The summed E-state index contributed by atoms with van der Waals surface area (Å²) in [5.74, 6) is 0.603. The quantitative estimate of drug-likeness (QED) is 0.278. The Morgan fingerprint density at radius 1 is 0.933 bits per heavy atom. The topological polar surface area (TPSA) is 58.0 Å². The highest BCUT2D eigenvalue weighted by molar-refractivity contribution is 7.01. The molecule has 1 aliphatic rings. The lowest BCUT2D eigenvalue weighted by atomic mass is 9.91. The van der Waals surface area contributed by atoms with Crippen molar-refractivity contribution in [3.63, 3.8) is 0 Å². The largest absolute Gasteiger partial charge is 0.496 e. The van der Waals surface area contributed by atoms with Gasteiger partial charge < -0.3 is 4.74 Å². The summed E-state index contributed by atoms with van der Waals surface area (Å²) in [6.07, 6.45) is 0. The number of rotatable bonds is 3. The predicted molar refractivity (Wildman–Crippen MR) is 127 cm³/mol. The normalized spacial score (nSPS) is 13.8. The van der Waals surface area contributed by atoms with Crippen LogP contribution in [-0.4, -0.2) is 15.2 Å². The molecule has 0 spiro atoms. The number of aryl methyl sites for hydroxylation is 2. The first-order valence-electron chi connectivity index (χ1n) is 9.97. The lowest BCUT2D eigenvalue weighted by Crippen LogP contribution is -2.63. The number of ether oxygens (including phenoxy) is 1. The summed E-state index contributed by atoms with van der Waals surface area (Å²) in [4.78, 5) is 3.01. The molecule has 0 bridgehead atoms. The van der Waals surface area contributed by atoms with E-state index in [9.17, 15) is 0 Å². The third-order valence-corrected chi connectivity index (χ3v) is 9.50. The van der Waals surface area contributed by atoms with E-state index in [0.29, 0.717) is 11.4 Å². The van der Waals surface area contributed by atoms with E-state index in [0.717, 1.165) is 21.9 Å². The second-order valence-corrected chi connectivity index (χ2v) is 12.8. The van der Waals surface area contributed by atoms with E-state index in [1.54, 1.807) is 7.11 Å². The van der Waals surface area contributed by atoms with Gasteiger partial charge in [-0.1, -0.05) is 66.7 Å². The monoisotopic (exact) mass is 411 g/mol. The van der Waals surface area contributed by atoms with Crippen LogP contribution in [0.4, 0.5) is 5.69 Å². The third kappa shape index (κ3) is 3.03. The second kappa shape index (κ2) is 7.20. The van der Waals surface area contributed by atoms with E-state index < -0.39 is 8.07 Å². The van der Waals surface area contributed by atoms with E-state index >= 15 is 0 Å². The molecule has 0 unspecified atom stereocenters. The first kappa shape index (κ1) is 20.0. The minimum Gasteiger partial charge on any atom is -0.496 e. The molecule has 0 saturated heterocycles. The van der Waals surface area contributed by atoms with Gasteiger partial charge in [-0.2, -0.15) is 0 Å². The maximum absolute atomic E-state index is 9.07. The standard InChI is InChI=1S/C25H25N3OSi/c1-15-7-9-18-22(13-15)30(5,6)23-14-16(2)8-10-19(23)24(18)20-11-17(3)12-21(27-28-26)25(20)29-4/h7-14H,1H2,2-6H3. The minimum absolute atomic E-state index is 0.508. The first-order valence-corrected chi connectivity index (χ1v) is 13.0. The van der Waals surface area contributed by atoms with Gasteiger partial charge in [0.15, 0.2) is 0 Å². The number of benzene rings is 3. The summed E-state index contributed by atoms with van der Waals surface area (Å²) < 4.78 is 5.78. The Morgan fingerprint density at radius 2 is 1.70 bits per heavy atom. The number of methoxy groups -OCH3 is 1. The number of azide groups is 1. The Bertz CT molecular complexity index is 1350. The van der Waals surface area contributed by atoms with Crippen molar-refractivity contribution >= 4 is 36.3 Å². The van der Waals surface area contributed by atoms with Crippen molar-refractivity contribution in [3.8, 4) is 5.75 Å². The highest BCUT2D eigenvalue weighted by Crippen LogP contribution is 2.39. The van der Waals surface area contributed by atoms with Crippen LogP contribution in [0.25, 0.3) is 22.6 Å². The number of nitrogens with zero attached hydrogens (tertiary/aromatic N) is 3. The molecule has 0 radical (unpaired) electrons. The molecule has 5 heteroatoms. The van der Waals surface area contributed by atoms with Crippen LogP contribution >= 0.6 is 0 Å². The summed E-state index contributed by atoms with van der Waals surface area (Å²) in [7, 11) is -0.295. The van der Waals surface area contributed by atoms with E-state index in [-0.39, 0.29) is 0 Å². The van der Waals surface area contributed by atoms with Gasteiger partial charge >= 0.3 is 0 Å². The molecule has 3 aromatic rings. The van der Waals surface area contributed by atoms with Gasteiger partial charge in [0.25, 0.3) is 0 Å². The number of hydrogen-bond donors (Lipinski definition) is 0. The van der Waals surface area contributed by atoms with Gasteiger partial charge in [-0.3, -0.25) is 0 Å². The Balaban J connectivity index is 2.26. The van der Waals surface area contributed by atoms with Crippen molar-refractivity contribution in [2.45, 2.75) is 26.9 Å². The lowest BCUT2D eigenvalue weighted by Gasteiger charge is -2.34. The van der Waals surface area contributed by atoms with Gasteiger partial charge in [-0.05, 0) is 69.0 Å². The van der Waals surface area contributed by atoms with Crippen LogP contribution in [0, 0.1) is 13.8 Å². The molecule has 0 aromatic heterocycles. The van der Waals surface area contributed by atoms with Crippen molar-refractivity contribution in [1.29, 1.82) is 0 Å². The summed E-state index contributed by atoms with van der Waals surface area (Å²) in [6.45, 7) is 13.1. The Morgan fingerprint density at radius 3 is 2.40 bits per heavy atom. The van der Waals surface area contributed by atoms with Gasteiger partial charge in [0.1, 0.15) is 13.8 Å². The lowest BCUT2D eigenvalue weighted by molar-refractivity contribution is 0.415. The number of fused-ring (bicyclic) bond motifs is 2. The fraction of sp³-hybridized carbons (Fsp3) is 0.200. The molecule has 1 aliphatic heterocycles. The molecule has 0 amide bonds. The molecule has 150 valence electrons. The van der Waals surface area contributed by atoms with Crippen molar-refractivity contribution < 1.29 is 4.74 Å². The molecule has 0 aliphatic carbocycles. The van der Waals surface area contributed by atoms with Gasteiger partial charge in [0.05, 0.1) is 12.8 Å². The van der Waals surface area contributed by atoms with Crippen LogP contribution in [0.5, 0.6) is 5.75 Å². The zero-order valence-electron chi connectivity index (χ0n) is 18.1. The third-order valence-electron chi connectivity index (χ3n) is 5.98. The van der Waals surface area contributed by atoms with Gasteiger partial charge in [0.2, 0.25) is 0 Å². The highest BCUT2D eigenvalue weighted by Gasteiger charge is 2.35. The SMILES string of the molecule is C=c1ccc2c(c1)[Si](C)(C)c1cc(C)ccc1C=2c1cc(C)cc(N=[N+]=[N-])c1OC. The van der Waals surface area contributed by atoms with Crippen molar-refractivity contribution in [2.75, 3.05) is 7.11 Å². The van der Waals surface area contributed by atoms with Gasteiger partial charge in [0, 0.05) is 10.5 Å². The van der Waals surface area contributed by atoms with E-state index in [4.69, 9.17) is 10.3 Å². The fourth-order valence-corrected chi connectivity index (χ4v) is 7.77. The van der Waals surface area contributed by atoms with Crippen molar-refractivity contribution in [1.82, 2.24) is 0 Å². The predicted octanol–water partition coefficient (Wildman–Crippen LogP) is 4.05. The zero-order chi connectivity index (χ0) is 21.6. The maximum Gasteiger partial charge on any atom is 0.136 e. The molecular weight excluding hydrogens is 386 g/mol. The second-order valence-electron chi connectivity index (χ2n) is 8.48. The molecule has 30 heavy (non-hydrogen) atoms. The number of hydrogen-bond acceptors (Lipinski definition) is 2.